The molecule has 2 aromatic carbocycles. The monoisotopic (exact) mass is 486 g/mol. The Bertz CT molecular complexity index is 1110. The van der Waals surface area contributed by atoms with E-state index in [2.05, 4.69) is 31.4 Å². The normalized spacial score (nSPS) is 11.7. The molecule has 0 saturated carbocycles. The fourth-order valence-corrected chi connectivity index (χ4v) is 4.24. The quantitative estimate of drug-likeness (QED) is 0.390. The predicted molar refractivity (Wildman–Crippen MR) is 118 cm³/mol. The van der Waals surface area contributed by atoms with Crippen molar-refractivity contribution in [3.63, 3.8) is 0 Å². The highest BCUT2D eigenvalue weighted by Crippen LogP contribution is 2.20. The number of carbonyl (C=O) groups is 1. The summed E-state index contributed by atoms with van der Waals surface area (Å²) < 4.78 is 28.2. The van der Waals surface area contributed by atoms with Crippen molar-refractivity contribution in [3.8, 4) is 0 Å². The van der Waals surface area contributed by atoms with Crippen molar-refractivity contribution in [2.75, 3.05) is 6.54 Å². The number of hydrogen-bond donors (Lipinski definition) is 1. The van der Waals surface area contributed by atoms with E-state index in [1.54, 1.807) is 48.7 Å². The van der Waals surface area contributed by atoms with Gasteiger partial charge in [-0.2, -0.15) is 9.41 Å². The van der Waals surface area contributed by atoms with E-state index >= 15 is 0 Å². The summed E-state index contributed by atoms with van der Waals surface area (Å²) in [5, 5.41) is 3.85. The van der Waals surface area contributed by atoms with Crippen LogP contribution in [-0.2, 0) is 21.4 Å². The van der Waals surface area contributed by atoms with Crippen LogP contribution in [0.3, 0.4) is 0 Å². The summed E-state index contributed by atoms with van der Waals surface area (Å²) >= 11 is 3.30. The Kier molecular flexibility index (Phi) is 7.45. The lowest BCUT2D eigenvalue weighted by Gasteiger charge is -2.21. The maximum absolute atomic E-state index is 13.2. The number of nitrogens with one attached hydrogen (secondary N) is 1. The van der Waals surface area contributed by atoms with Gasteiger partial charge in [-0.25, -0.2) is 13.8 Å². The summed E-state index contributed by atoms with van der Waals surface area (Å²) in [6, 6.07) is 20.7. The van der Waals surface area contributed by atoms with Gasteiger partial charge in [-0.05, 0) is 42.0 Å². The van der Waals surface area contributed by atoms with E-state index in [0.717, 1.165) is 14.3 Å². The van der Waals surface area contributed by atoms with Gasteiger partial charge in [0.05, 0.1) is 23.3 Å². The minimum absolute atomic E-state index is 0.0522. The van der Waals surface area contributed by atoms with Gasteiger partial charge in [0.1, 0.15) is 0 Å². The van der Waals surface area contributed by atoms with Crippen LogP contribution in [0, 0.1) is 0 Å². The molecule has 1 amide bonds. The van der Waals surface area contributed by atoms with Crippen LogP contribution < -0.4 is 5.43 Å². The molecule has 3 aromatic rings. The molecule has 0 atom stereocenters. The van der Waals surface area contributed by atoms with Gasteiger partial charge in [-0.15, -0.1) is 0 Å². The molecule has 0 radical (unpaired) electrons. The van der Waals surface area contributed by atoms with Crippen molar-refractivity contribution in [3.05, 3.63) is 94.7 Å². The van der Waals surface area contributed by atoms with E-state index < -0.39 is 15.9 Å². The molecule has 1 aromatic heterocycles. The van der Waals surface area contributed by atoms with Gasteiger partial charge in [-0.1, -0.05) is 52.3 Å². The summed E-state index contributed by atoms with van der Waals surface area (Å²) in [6.07, 6.45) is 3.00. The second-order valence-electron chi connectivity index (χ2n) is 6.26. The third kappa shape index (κ3) is 6.06. The van der Waals surface area contributed by atoms with Crippen LogP contribution in [0.1, 0.15) is 11.3 Å². The topological polar surface area (TPSA) is 91.7 Å². The first-order valence-electron chi connectivity index (χ1n) is 8.98. The lowest BCUT2D eigenvalue weighted by atomic mass is 10.2. The SMILES string of the molecule is O=C(CN(Cc1ccccc1)S(=O)(=O)c1ccc(Br)cc1)N/N=C/c1ccccn1. The summed E-state index contributed by atoms with van der Waals surface area (Å²) in [5.74, 6) is -0.557. The molecule has 0 aliphatic heterocycles. The van der Waals surface area contributed by atoms with E-state index in [1.165, 1.54) is 18.3 Å². The average Bonchev–Trinajstić information content (AvgIpc) is 2.75. The largest absolute Gasteiger partial charge is 0.272 e. The number of halogens is 1. The number of pyridine rings is 1. The number of amides is 1. The van der Waals surface area contributed by atoms with Crippen molar-refractivity contribution in [1.82, 2.24) is 14.7 Å². The zero-order chi connectivity index (χ0) is 21.4. The first-order valence-corrected chi connectivity index (χ1v) is 11.2. The molecule has 1 heterocycles. The molecule has 9 heteroatoms. The Balaban J connectivity index is 1.77. The van der Waals surface area contributed by atoms with Gasteiger partial charge < -0.3 is 0 Å². The highest BCUT2D eigenvalue weighted by atomic mass is 79.9. The van der Waals surface area contributed by atoms with Crippen molar-refractivity contribution in [2.24, 2.45) is 5.10 Å². The maximum atomic E-state index is 13.2. The number of hydrazone groups is 1. The Morgan fingerprint density at radius 1 is 1.03 bits per heavy atom. The molecule has 1 N–H and O–H groups in total. The maximum Gasteiger partial charge on any atom is 0.255 e. The predicted octanol–water partition coefficient (Wildman–Crippen LogP) is 3.19. The molecule has 30 heavy (non-hydrogen) atoms. The molecule has 0 aliphatic rings. The van der Waals surface area contributed by atoms with Gasteiger partial charge in [0, 0.05) is 17.2 Å². The highest BCUT2D eigenvalue weighted by molar-refractivity contribution is 9.10. The highest BCUT2D eigenvalue weighted by Gasteiger charge is 2.26. The minimum Gasteiger partial charge on any atom is -0.272 e. The lowest BCUT2D eigenvalue weighted by Crippen LogP contribution is -2.39. The average molecular weight is 487 g/mol. The Labute approximate surface area is 183 Å². The van der Waals surface area contributed by atoms with E-state index in [4.69, 9.17) is 0 Å². The fraction of sp³-hybridized carbons (Fsp3) is 0.0952. The van der Waals surface area contributed by atoms with E-state index in [0.29, 0.717) is 5.69 Å². The summed E-state index contributed by atoms with van der Waals surface area (Å²) in [4.78, 5) is 16.6. The second-order valence-corrected chi connectivity index (χ2v) is 9.11. The van der Waals surface area contributed by atoms with Crippen molar-refractivity contribution in [2.45, 2.75) is 11.4 Å². The van der Waals surface area contributed by atoms with E-state index in [9.17, 15) is 13.2 Å². The van der Waals surface area contributed by atoms with Crippen LogP contribution >= 0.6 is 15.9 Å². The van der Waals surface area contributed by atoms with E-state index in [1.807, 2.05) is 18.2 Å². The van der Waals surface area contributed by atoms with Crippen LogP contribution in [0.25, 0.3) is 0 Å². The number of rotatable bonds is 8. The molecule has 7 nitrogen and oxygen atoms in total. The minimum atomic E-state index is -3.90. The van der Waals surface area contributed by atoms with Gasteiger partial charge >= 0.3 is 0 Å². The Morgan fingerprint density at radius 3 is 2.40 bits per heavy atom. The number of sulfonamides is 1. The number of nitrogens with zero attached hydrogens (tertiary/aromatic N) is 3. The number of benzene rings is 2. The molecule has 0 bridgehead atoms. The molecular weight excluding hydrogens is 468 g/mol. The van der Waals surface area contributed by atoms with Crippen LogP contribution in [0.2, 0.25) is 0 Å². The van der Waals surface area contributed by atoms with Gasteiger partial charge in [0.15, 0.2) is 0 Å². The molecule has 0 unspecified atom stereocenters. The third-order valence-corrected chi connectivity index (χ3v) is 6.38. The van der Waals surface area contributed by atoms with Crippen LogP contribution in [0.15, 0.2) is 93.5 Å². The molecule has 3 rings (SSSR count). The standard InChI is InChI=1S/C21H19BrN4O3S/c22-18-9-11-20(12-10-18)30(28,29)26(15-17-6-2-1-3-7-17)16-21(27)25-24-14-19-8-4-5-13-23-19/h1-14H,15-16H2,(H,25,27)/b24-14+. The molecule has 0 spiro atoms. The zero-order valence-electron chi connectivity index (χ0n) is 15.8. The van der Waals surface area contributed by atoms with Crippen molar-refractivity contribution < 1.29 is 13.2 Å². The van der Waals surface area contributed by atoms with Crippen LogP contribution in [0.4, 0.5) is 0 Å². The second kappa shape index (κ2) is 10.2. The fourth-order valence-electron chi connectivity index (χ4n) is 2.59. The molecule has 0 saturated heterocycles. The molecular formula is C21H19BrN4O3S. The van der Waals surface area contributed by atoms with Crippen molar-refractivity contribution in [1.29, 1.82) is 0 Å². The smallest absolute Gasteiger partial charge is 0.255 e. The first-order chi connectivity index (χ1) is 14.4. The lowest BCUT2D eigenvalue weighted by molar-refractivity contribution is -0.121. The van der Waals surface area contributed by atoms with E-state index in [-0.39, 0.29) is 18.0 Å². The summed E-state index contributed by atoms with van der Waals surface area (Å²) in [7, 11) is -3.90. The van der Waals surface area contributed by atoms with Gasteiger partial charge in [0.2, 0.25) is 10.0 Å². The number of hydrogen-bond acceptors (Lipinski definition) is 5. The summed E-state index contributed by atoms with van der Waals surface area (Å²) in [6.45, 7) is -0.330. The van der Waals surface area contributed by atoms with Gasteiger partial charge in [-0.3, -0.25) is 9.78 Å². The Hall–Kier alpha value is -2.88. The van der Waals surface area contributed by atoms with Crippen LogP contribution in [0.5, 0.6) is 0 Å². The zero-order valence-corrected chi connectivity index (χ0v) is 18.3. The Morgan fingerprint density at radius 2 is 1.73 bits per heavy atom. The molecule has 0 fully saturated rings. The van der Waals surface area contributed by atoms with Crippen LogP contribution in [-0.4, -0.2) is 36.4 Å². The van der Waals surface area contributed by atoms with Gasteiger partial charge in [0.25, 0.3) is 5.91 Å². The number of carbonyl (C=O) groups excluding carboxylic acids is 1. The summed E-state index contributed by atoms with van der Waals surface area (Å²) in [5.41, 5.74) is 3.69. The molecule has 0 aliphatic carbocycles. The first kappa shape index (κ1) is 21.8. The van der Waals surface area contributed by atoms with Crippen molar-refractivity contribution >= 4 is 38.1 Å². The molecule has 154 valence electrons. The third-order valence-electron chi connectivity index (χ3n) is 4.05. The number of aromatic nitrogens is 1.